The molecule has 6 nitrogen and oxygen atoms in total. The number of anilines is 2. The monoisotopic (exact) mass is 330 g/mol. The molecule has 25 heavy (non-hydrogen) atoms. The Kier molecular flexibility index (Phi) is 4.31. The van der Waals surface area contributed by atoms with Crippen molar-refractivity contribution in [3.63, 3.8) is 0 Å². The van der Waals surface area contributed by atoms with Crippen LogP contribution in [0.5, 0.6) is 0 Å². The SMILES string of the molecule is Cc1cc(-c2nc(N)nc(C)c2C#Cc2cnc(C)c(N)c2)ccn1. The molecule has 0 atom stereocenters. The van der Waals surface area contributed by atoms with Crippen molar-refractivity contribution < 1.29 is 0 Å². The van der Waals surface area contributed by atoms with Gasteiger partial charge in [-0.2, -0.15) is 0 Å². The molecule has 3 aromatic rings. The second-order valence-corrected chi connectivity index (χ2v) is 5.73. The van der Waals surface area contributed by atoms with E-state index in [0.717, 1.165) is 33.8 Å². The molecule has 0 unspecified atom stereocenters. The molecule has 0 bridgehead atoms. The van der Waals surface area contributed by atoms with Gasteiger partial charge < -0.3 is 11.5 Å². The van der Waals surface area contributed by atoms with E-state index in [9.17, 15) is 0 Å². The van der Waals surface area contributed by atoms with Crippen LogP contribution in [0.25, 0.3) is 11.3 Å². The Morgan fingerprint density at radius 1 is 0.920 bits per heavy atom. The fraction of sp³-hybridized carbons (Fsp3) is 0.158. The highest BCUT2D eigenvalue weighted by molar-refractivity contribution is 5.70. The summed E-state index contributed by atoms with van der Waals surface area (Å²) in [7, 11) is 0. The quantitative estimate of drug-likeness (QED) is 0.664. The summed E-state index contributed by atoms with van der Waals surface area (Å²) in [6, 6.07) is 5.63. The van der Waals surface area contributed by atoms with E-state index in [1.165, 1.54) is 0 Å². The second kappa shape index (κ2) is 6.57. The Labute approximate surface area is 146 Å². The van der Waals surface area contributed by atoms with E-state index in [1.807, 2.05) is 32.9 Å². The minimum absolute atomic E-state index is 0.216. The zero-order chi connectivity index (χ0) is 18.0. The van der Waals surface area contributed by atoms with Gasteiger partial charge in [-0.25, -0.2) is 9.97 Å². The molecule has 0 radical (unpaired) electrons. The van der Waals surface area contributed by atoms with E-state index in [0.29, 0.717) is 11.4 Å². The van der Waals surface area contributed by atoms with Crippen molar-refractivity contribution >= 4 is 11.6 Å². The third kappa shape index (κ3) is 3.56. The van der Waals surface area contributed by atoms with Gasteiger partial charge in [-0.3, -0.25) is 9.97 Å². The minimum atomic E-state index is 0.216. The molecule has 0 aliphatic heterocycles. The maximum Gasteiger partial charge on any atom is 0.220 e. The third-order valence-electron chi connectivity index (χ3n) is 3.74. The Bertz CT molecular complexity index is 1010. The van der Waals surface area contributed by atoms with Gasteiger partial charge in [-0.1, -0.05) is 11.8 Å². The Hall–Kier alpha value is -3.46. The predicted octanol–water partition coefficient (Wildman–Crippen LogP) is 2.42. The van der Waals surface area contributed by atoms with Crippen molar-refractivity contribution in [1.29, 1.82) is 0 Å². The topological polar surface area (TPSA) is 104 Å². The van der Waals surface area contributed by atoms with Crippen LogP contribution in [0.1, 0.15) is 28.2 Å². The van der Waals surface area contributed by atoms with E-state index < -0.39 is 0 Å². The molecule has 124 valence electrons. The van der Waals surface area contributed by atoms with Gasteiger partial charge >= 0.3 is 0 Å². The molecular weight excluding hydrogens is 312 g/mol. The number of hydrogen-bond donors (Lipinski definition) is 2. The average Bonchev–Trinajstić information content (AvgIpc) is 2.56. The van der Waals surface area contributed by atoms with E-state index >= 15 is 0 Å². The highest BCUT2D eigenvalue weighted by Gasteiger charge is 2.11. The highest BCUT2D eigenvalue weighted by Crippen LogP contribution is 2.24. The Balaban J connectivity index is 2.13. The number of rotatable bonds is 1. The minimum Gasteiger partial charge on any atom is -0.397 e. The lowest BCUT2D eigenvalue weighted by atomic mass is 10.0. The van der Waals surface area contributed by atoms with Crippen LogP contribution in [0.15, 0.2) is 30.6 Å². The highest BCUT2D eigenvalue weighted by atomic mass is 15.0. The van der Waals surface area contributed by atoms with Gasteiger partial charge in [0.1, 0.15) is 0 Å². The van der Waals surface area contributed by atoms with Crippen LogP contribution < -0.4 is 11.5 Å². The molecular formula is C19H18N6. The number of hydrogen-bond acceptors (Lipinski definition) is 6. The van der Waals surface area contributed by atoms with Crippen LogP contribution in [0.2, 0.25) is 0 Å². The molecule has 0 saturated carbocycles. The summed E-state index contributed by atoms with van der Waals surface area (Å²) >= 11 is 0. The fourth-order valence-corrected chi connectivity index (χ4v) is 2.40. The van der Waals surface area contributed by atoms with Crippen molar-refractivity contribution in [2.24, 2.45) is 0 Å². The molecule has 3 heterocycles. The Morgan fingerprint density at radius 2 is 1.72 bits per heavy atom. The van der Waals surface area contributed by atoms with Crippen molar-refractivity contribution in [3.05, 3.63) is 58.8 Å². The Morgan fingerprint density at radius 3 is 2.44 bits per heavy atom. The normalized spacial score (nSPS) is 10.2. The zero-order valence-corrected chi connectivity index (χ0v) is 14.3. The van der Waals surface area contributed by atoms with Crippen LogP contribution in [-0.4, -0.2) is 19.9 Å². The largest absolute Gasteiger partial charge is 0.397 e. The van der Waals surface area contributed by atoms with Crippen molar-refractivity contribution in [2.75, 3.05) is 11.5 Å². The third-order valence-corrected chi connectivity index (χ3v) is 3.74. The van der Waals surface area contributed by atoms with Gasteiger partial charge in [0.25, 0.3) is 0 Å². The van der Waals surface area contributed by atoms with Crippen molar-refractivity contribution in [2.45, 2.75) is 20.8 Å². The van der Waals surface area contributed by atoms with Crippen LogP contribution >= 0.6 is 0 Å². The summed E-state index contributed by atoms with van der Waals surface area (Å²) in [4.78, 5) is 17.1. The molecule has 3 rings (SSSR count). The number of aryl methyl sites for hydroxylation is 3. The summed E-state index contributed by atoms with van der Waals surface area (Å²) in [5.74, 6) is 6.44. The molecule has 0 spiro atoms. The number of aromatic nitrogens is 4. The fourth-order valence-electron chi connectivity index (χ4n) is 2.40. The lowest BCUT2D eigenvalue weighted by Crippen LogP contribution is -2.03. The lowest BCUT2D eigenvalue weighted by molar-refractivity contribution is 1.10. The summed E-state index contributed by atoms with van der Waals surface area (Å²) in [6.07, 6.45) is 3.43. The van der Waals surface area contributed by atoms with E-state index in [4.69, 9.17) is 11.5 Å². The van der Waals surface area contributed by atoms with Gasteiger partial charge in [-0.05, 0) is 39.0 Å². The van der Waals surface area contributed by atoms with Crippen LogP contribution in [0, 0.1) is 32.6 Å². The predicted molar refractivity (Wildman–Crippen MR) is 98.5 cm³/mol. The summed E-state index contributed by atoms with van der Waals surface area (Å²) in [6.45, 7) is 5.64. The molecule has 6 heteroatoms. The van der Waals surface area contributed by atoms with Gasteiger partial charge in [-0.15, -0.1) is 0 Å². The number of nitrogen functional groups attached to an aromatic ring is 2. The first kappa shape index (κ1) is 16.4. The van der Waals surface area contributed by atoms with Gasteiger partial charge in [0.15, 0.2) is 0 Å². The molecule has 0 aliphatic rings. The number of nitrogens with two attached hydrogens (primary N) is 2. The van der Waals surface area contributed by atoms with Gasteiger partial charge in [0.05, 0.1) is 28.3 Å². The molecule has 4 N–H and O–H groups in total. The smallest absolute Gasteiger partial charge is 0.220 e. The zero-order valence-electron chi connectivity index (χ0n) is 14.3. The summed E-state index contributed by atoms with van der Waals surface area (Å²) in [5.41, 5.74) is 17.8. The first-order valence-corrected chi connectivity index (χ1v) is 7.75. The van der Waals surface area contributed by atoms with Crippen LogP contribution in [-0.2, 0) is 0 Å². The van der Waals surface area contributed by atoms with E-state index in [2.05, 4.69) is 31.8 Å². The first-order chi connectivity index (χ1) is 11.9. The number of pyridine rings is 2. The van der Waals surface area contributed by atoms with Gasteiger partial charge in [0, 0.05) is 29.2 Å². The standard InChI is InChI=1S/C19H18N6/c1-11-8-15(6-7-22-11)18-16(12(2)24-19(21)25-18)5-4-14-9-17(20)13(3)23-10-14/h6-10H,20H2,1-3H3,(H2,21,24,25). The summed E-state index contributed by atoms with van der Waals surface area (Å²) < 4.78 is 0. The molecule has 0 saturated heterocycles. The maximum atomic E-state index is 5.90. The summed E-state index contributed by atoms with van der Waals surface area (Å²) in [5, 5.41) is 0. The van der Waals surface area contributed by atoms with E-state index in [-0.39, 0.29) is 5.95 Å². The van der Waals surface area contributed by atoms with Crippen LogP contribution in [0.3, 0.4) is 0 Å². The first-order valence-electron chi connectivity index (χ1n) is 7.75. The molecule has 0 fully saturated rings. The molecule has 0 aromatic carbocycles. The van der Waals surface area contributed by atoms with Crippen molar-refractivity contribution in [1.82, 2.24) is 19.9 Å². The number of nitrogens with zero attached hydrogens (tertiary/aromatic N) is 4. The van der Waals surface area contributed by atoms with Gasteiger partial charge in [0.2, 0.25) is 5.95 Å². The lowest BCUT2D eigenvalue weighted by Gasteiger charge is -2.08. The molecule has 0 amide bonds. The van der Waals surface area contributed by atoms with E-state index in [1.54, 1.807) is 18.5 Å². The average molecular weight is 330 g/mol. The molecule has 0 aliphatic carbocycles. The maximum absolute atomic E-state index is 5.90. The van der Waals surface area contributed by atoms with Crippen molar-refractivity contribution in [3.8, 4) is 23.1 Å². The van der Waals surface area contributed by atoms with Crippen LogP contribution in [0.4, 0.5) is 11.6 Å². The molecule has 3 aromatic heterocycles. The second-order valence-electron chi connectivity index (χ2n) is 5.73.